The first-order valence-electron chi connectivity index (χ1n) is 1.94. The Morgan fingerprint density at radius 1 is 1.75 bits per heavy atom. The van der Waals surface area contributed by atoms with E-state index in [-0.39, 0.29) is 32.7 Å². The standard InChI is InChI=1S/C4H8O3.Y/c1-3(7-2)4(5)6;/h3H,1-2H3,(H,5,6);. The fraction of sp³-hybridized carbons (Fsp3) is 0.750. The Balaban J connectivity index is 0. The summed E-state index contributed by atoms with van der Waals surface area (Å²) in [7, 11) is 1.36. The Morgan fingerprint density at radius 3 is 2.12 bits per heavy atom. The van der Waals surface area contributed by atoms with Crippen LogP contribution >= 0.6 is 0 Å². The molecule has 0 aliphatic heterocycles. The summed E-state index contributed by atoms with van der Waals surface area (Å²) in [5.74, 6) is -0.928. The molecule has 0 fully saturated rings. The van der Waals surface area contributed by atoms with E-state index in [4.69, 9.17) is 5.11 Å². The van der Waals surface area contributed by atoms with Crippen molar-refractivity contribution in [1.29, 1.82) is 0 Å². The van der Waals surface area contributed by atoms with E-state index in [2.05, 4.69) is 4.74 Å². The largest absolute Gasteiger partial charge is 0.479 e. The number of hydrogen-bond donors (Lipinski definition) is 1. The molecule has 0 bridgehead atoms. The number of carbonyl (C=O) groups is 1. The molecule has 0 spiro atoms. The summed E-state index contributed by atoms with van der Waals surface area (Å²) in [5.41, 5.74) is 0. The van der Waals surface area contributed by atoms with Crippen LogP contribution in [0.1, 0.15) is 6.92 Å². The third-order valence-corrected chi connectivity index (χ3v) is 0.701. The molecular formula is C4H8O3Y. The Bertz CT molecular complexity index is 73.7. The van der Waals surface area contributed by atoms with Crippen LogP contribution in [0, 0.1) is 0 Å². The molecule has 0 aromatic carbocycles. The van der Waals surface area contributed by atoms with Gasteiger partial charge in [0.2, 0.25) is 0 Å². The normalized spacial score (nSPS) is 11.8. The van der Waals surface area contributed by atoms with Crippen LogP contribution in [-0.4, -0.2) is 24.3 Å². The van der Waals surface area contributed by atoms with E-state index in [0.29, 0.717) is 0 Å². The maximum Gasteiger partial charge on any atom is 0.332 e. The first-order chi connectivity index (χ1) is 3.18. The van der Waals surface area contributed by atoms with E-state index < -0.39 is 12.1 Å². The van der Waals surface area contributed by atoms with E-state index in [1.807, 2.05) is 0 Å². The first kappa shape index (κ1) is 11.3. The molecule has 0 saturated carbocycles. The molecule has 1 N–H and O–H groups in total. The minimum atomic E-state index is -0.928. The van der Waals surface area contributed by atoms with E-state index in [1.165, 1.54) is 14.0 Å². The van der Waals surface area contributed by atoms with Gasteiger partial charge in [-0.1, -0.05) is 0 Å². The van der Waals surface area contributed by atoms with Crippen molar-refractivity contribution in [3.63, 3.8) is 0 Å². The Kier molecular flexibility index (Phi) is 8.04. The van der Waals surface area contributed by atoms with Gasteiger partial charge in [-0.05, 0) is 6.92 Å². The predicted octanol–water partition coefficient (Wildman–Crippen LogP) is 0.103. The molecule has 0 aliphatic rings. The zero-order valence-electron chi connectivity index (χ0n) is 4.92. The maximum atomic E-state index is 9.81. The Morgan fingerprint density at radius 2 is 2.12 bits per heavy atom. The second-order valence-electron chi connectivity index (χ2n) is 1.22. The number of carboxylic acids is 1. The van der Waals surface area contributed by atoms with E-state index >= 15 is 0 Å². The Hall–Kier alpha value is 0.534. The fourth-order valence-electron chi connectivity index (χ4n) is 0.101. The predicted molar refractivity (Wildman–Crippen MR) is 24.1 cm³/mol. The zero-order chi connectivity index (χ0) is 5.86. The Labute approximate surface area is 73.3 Å². The average Bonchev–Trinajstić information content (AvgIpc) is 1.65. The molecule has 3 nitrogen and oxygen atoms in total. The second kappa shape index (κ2) is 5.67. The summed E-state index contributed by atoms with van der Waals surface area (Å²) >= 11 is 0. The number of ether oxygens (including phenoxy) is 1. The third kappa shape index (κ3) is 4.69. The van der Waals surface area contributed by atoms with Crippen molar-refractivity contribution in [3.05, 3.63) is 0 Å². The number of rotatable bonds is 2. The molecule has 0 rings (SSSR count). The number of methoxy groups -OCH3 is 1. The molecule has 1 unspecified atom stereocenters. The van der Waals surface area contributed by atoms with Crippen molar-refractivity contribution in [3.8, 4) is 0 Å². The minimum Gasteiger partial charge on any atom is -0.479 e. The van der Waals surface area contributed by atoms with Crippen molar-refractivity contribution in [1.82, 2.24) is 0 Å². The van der Waals surface area contributed by atoms with Crippen LogP contribution in [0.5, 0.6) is 0 Å². The summed E-state index contributed by atoms with van der Waals surface area (Å²) in [5, 5.41) is 8.06. The van der Waals surface area contributed by atoms with Gasteiger partial charge >= 0.3 is 5.97 Å². The van der Waals surface area contributed by atoms with Crippen molar-refractivity contribution >= 4 is 5.97 Å². The zero-order valence-corrected chi connectivity index (χ0v) is 7.76. The topological polar surface area (TPSA) is 46.5 Å². The van der Waals surface area contributed by atoms with Gasteiger partial charge in [0.05, 0.1) is 0 Å². The molecule has 0 aromatic heterocycles. The first-order valence-corrected chi connectivity index (χ1v) is 1.94. The SMILES string of the molecule is COC(C)C(=O)O.[Y]. The van der Waals surface area contributed by atoms with Gasteiger partial charge in [-0.3, -0.25) is 0 Å². The van der Waals surface area contributed by atoms with Gasteiger partial charge in [0.25, 0.3) is 0 Å². The minimum absolute atomic E-state index is 0. The monoisotopic (exact) mass is 193 g/mol. The van der Waals surface area contributed by atoms with Crippen molar-refractivity contribution in [2.75, 3.05) is 7.11 Å². The molecule has 0 heterocycles. The van der Waals surface area contributed by atoms with Gasteiger partial charge in [0.15, 0.2) is 6.10 Å². The summed E-state index contributed by atoms with van der Waals surface area (Å²) in [6, 6.07) is 0. The second-order valence-corrected chi connectivity index (χ2v) is 1.22. The quantitative estimate of drug-likeness (QED) is 0.676. The van der Waals surface area contributed by atoms with E-state index in [9.17, 15) is 4.79 Å². The molecule has 45 valence electrons. The van der Waals surface area contributed by atoms with Crippen LogP contribution in [0.4, 0.5) is 0 Å². The van der Waals surface area contributed by atoms with Gasteiger partial charge in [0.1, 0.15) is 0 Å². The number of hydrogen-bond acceptors (Lipinski definition) is 2. The number of aliphatic carboxylic acids is 1. The molecule has 1 radical (unpaired) electrons. The van der Waals surface area contributed by atoms with Gasteiger partial charge in [0, 0.05) is 39.8 Å². The molecule has 0 aromatic rings. The smallest absolute Gasteiger partial charge is 0.332 e. The van der Waals surface area contributed by atoms with Crippen LogP contribution in [0.3, 0.4) is 0 Å². The summed E-state index contributed by atoms with van der Waals surface area (Å²) in [4.78, 5) is 9.81. The van der Waals surface area contributed by atoms with Crippen LogP contribution < -0.4 is 0 Å². The molecule has 4 heteroatoms. The molecule has 0 aliphatic carbocycles. The van der Waals surface area contributed by atoms with Crippen molar-refractivity contribution < 1.29 is 47.3 Å². The van der Waals surface area contributed by atoms with Gasteiger partial charge in [-0.2, -0.15) is 0 Å². The molecule has 0 saturated heterocycles. The van der Waals surface area contributed by atoms with E-state index in [0.717, 1.165) is 0 Å². The number of carboxylic acid groups (broad SMARTS) is 1. The fourth-order valence-corrected chi connectivity index (χ4v) is 0.101. The summed E-state index contributed by atoms with van der Waals surface area (Å²) in [6.07, 6.45) is -0.681. The molecule has 0 amide bonds. The summed E-state index contributed by atoms with van der Waals surface area (Å²) in [6.45, 7) is 1.47. The van der Waals surface area contributed by atoms with Crippen LogP contribution in [0.15, 0.2) is 0 Å². The third-order valence-electron chi connectivity index (χ3n) is 0.701. The van der Waals surface area contributed by atoms with Gasteiger partial charge in [-0.15, -0.1) is 0 Å². The average molecular weight is 193 g/mol. The molecular weight excluding hydrogens is 185 g/mol. The van der Waals surface area contributed by atoms with Crippen LogP contribution in [0.25, 0.3) is 0 Å². The van der Waals surface area contributed by atoms with Crippen molar-refractivity contribution in [2.45, 2.75) is 13.0 Å². The van der Waals surface area contributed by atoms with Gasteiger partial charge < -0.3 is 9.84 Å². The van der Waals surface area contributed by atoms with E-state index in [1.54, 1.807) is 0 Å². The molecule has 1 atom stereocenters. The maximum absolute atomic E-state index is 9.81. The summed E-state index contributed by atoms with van der Waals surface area (Å²) < 4.78 is 4.41. The van der Waals surface area contributed by atoms with Crippen molar-refractivity contribution in [2.24, 2.45) is 0 Å². The van der Waals surface area contributed by atoms with Crippen LogP contribution in [0.2, 0.25) is 0 Å². The van der Waals surface area contributed by atoms with Crippen LogP contribution in [-0.2, 0) is 42.2 Å². The van der Waals surface area contributed by atoms with Gasteiger partial charge in [-0.25, -0.2) is 4.79 Å². The molecule has 8 heavy (non-hydrogen) atoms.